The lowest BCUT2D eigenvalue weighted by molar-refractivity contribution is 0.101. The highest BCUT2D eigenvalue weighted by molar-refractivity contribution is 6.05. The fourth-order valence-corrected chi connectivity index (χ4v) is 3.54. The number of Topliss-reactive ketones (excluding diaryl/α,β-unsaturated/α-hetero) is 1. The molecule has 0 bridgehead atoms. The van der Waals surface area contributed by atoms with Crippen LogP contribution < -0.4 is 10.3 Å². The standard InChI is InChI=1S/C19H21NO3/c1-11-8-15(12(2)21)18-16(9-11)17(22)14-4-3-7-20(19(14)23-18)10-13-5-6-13/h8-9,13H,3-7,10H2,1-2H3. The highest BCUT2D eigenvalue weighted by atomic mass is 16.4. The first-order chi connectivity index (χ1) is 11.0. The van der Waals surface area contributed by atoms with Gasteiger partial charge < -0.3 is 9.32 Å². The molecule has 1 aromatic carbocycles. The van der Waals surface area contributed by atoms with E-state index >= 15 is 0 Å². The first kappa shape index (κ1) is 14.5. The van der Waals surface area contributed by atoms with Crippen LogP contribution in [0.2, 0.25) is 0 Å². The minimum Gasteiger partial charge on any atom is -0.439 e. The van der Waals surface area contributed by atoms with Gasteiger partial charge in [-0.1, -0.05) is 0 Å². The van der Waals surface area contributed by atoms with E-state index in [9.17, 15) is 9.59 Å². The van der Waals surface area contributed by atoms with Crippen LogP contribution in [0.25, 0.3) is 11.0 Å². The van der Waals surface area contributed by atoms with Crippen molar-refractivity contribution < 1.29 is 9.21 Å². The van der Waals surface area contributed by atoms with Crippen LogP contribution in [-0.2, 0) is 6.42 Å². The monoisotopic (exact) mass is 311 g/mol. The molecule has 2 aliphatic rings. The van der Waals surface area contributed by atoms with Crippen LogP contribution >= 0.6 is 0 Å². The number of hydrogen-bond donors (Lipinski definition) is 0. The Bertz CT molecular complexity index is 861. The van der Waals surface area contributed by atoms with Gasteiger partial charge in [-0.05, 0) is 63.1 Å². The Morgan fingerprint density at radius 3 is 2.83 bits per heavy atom. The molecule has 0 spiro atoms. The maximum atomic E-state index is 12.9. The van der Waals surface area contributed by atoms with Gasteiger partial charge in [0.1, 0.15) is 0 Å². The molecule has 2 aromatic rings. The molecule has 0 N–H and O–H groups in total. The second-order valence-electron chi connectivity index (χ2n) is 6.95. The van der Waals surface area contributed by atoms with Gasteiger partial charge in [-0.3, -0.25) is 9.59 Å². The van der Waals surface area contributed by atoms with Gasteiger partial charge in [0.15, 0.2) is 16.8 Å². The Morgan fingerprint density at radius 2 is 2.13 bits per heavy atom. The molecule has 4 heteroatoms. The molecule has 0 saturated heterocycles. The van der Waals surface area contributed by atoms with Crippen LogP contribution in [0.1, 0.15) is 47.7 Å². The molecule has 0 amide bonds. The normalized spacial score (nSPS) is 17.4. The van der Waals surface area contributed by atoms with Crippen LogP contribution in [0.3, 0.4) is 0 Å². The van der Waals surface area contributed by atoms with Crippen molar-refractivity contribution in [3.8, 4) is 0 Å². The predicted octanol–water partition coefficient (Wildman–Crippen LogP) is 3.47. The second kappa shape index (κ2) is 5.22. The summed E-state index contributed by atoms with van der Waals surface area (Å²) >= 11 is 0. The van der Waals surface area contributed by atoms with Gasteiger partial charge in [0, 0.05) is 13.1 Å². The Kier molecular flexibility index (Phi) is 3.29. The van der Waals surface area contributed by atoms with Gasteiger partial charge in [-0.25, -0.2) is 0 Å². The Balaban J connectivity index is 1.97. The van der Waals surface area contributed by atoms with Crippen molar-refractivity contribution in [2.24, 2.45) is 5.92 Å². The van der Waals surface area contributed by atoms with E-state index in [0.29, 0.717) is 22.4 Å². The molecule has 1 aromatic heterocycles. The zero-order valence-electron chi connectivity index (χ0n) is 13.6. The maximum Gasteiger partial charge on any atom is 0.203 e. The minimum absolute atomic E-state index is 0.0351. The first-order valence-corrected chi connectivity index (χ1v) is 8.41. The zero-order valence-corrected chi connectivity index (χ0v) is 13.6. The molecule has 0 radical (unpaired) electrons. The second-order valence-corrected chi connectivity index (χ2v) is 6.95. The van der Waals surface area contributed by atoms with Gasteiger partial charge in [-0.15, -0.1) is 0 Å². The van der Waals surface area contributed by atoms with Gasteiger partial charge in [0.25, 0.3) is 0 Å². The summed E-state index contributed by atoms with van der Waals surface area (Å²) in [4.78, 5) is 27.1. The minimum atomic E-state index is -0.0636. The lowest BCUT2D eigenvalue weighted by Gasteiger charge is -2.29. The van der Waals surface area contributed by atoms with E-state index in [1.807, 2.05) is 19.1 Å². The van der Waals surface area contributed by atoms with E-state index in [0.717, 1.165) is 43.0 Å². The van der Waals surface area contributed by atoms with Crippen LogP contribution in [-0.4, -0.2) is 18.9 Å². The molecule has 1 saturated carbocycles. The third kappa shape index (κ3) is 2.46. The molecule has 23 heavy (non-hydrogen) atoms. The molecule has 1 fully saturated rings. The Hall–Kier alpha value is -2.10. The van der Waals surface area contributed by atoms with Crippen LogP contribution in [0.4, 0.5) is 5.88 Å². The van der Waals surface area contributed by atoms with Crippen molar-refractivity contribution >= 4 is 22.6 Å². The number of fused-ring (bicyclic) bond motifs is 2. The largest absolute Gasteiger partial charge is 0.439 e. The van der Waals surface area contributed by atoms with Crippen molar-refractivity contribution in [1.82, 2.24) is 0 Å². The highest BCUT2D eigenvalue weighted by Gasteiger charge is 2.30. The van der Waals surface area contributed by atoms with Gasteiger partial charge >= 0.3 is 0 Å². The van der Waals surface area contributed by atoms with Crippen molar-refractivity contribution in [3.63, 3.8) is 0 Å². The van der Waals surface area contributed by atoms with Crippen LogP contribution in [0.15, 0.2) is 21.3 Å². The number of hydrogen-bond acceptors (Lipinski definition) is 4. The topological polar surface area (TPSA) is 50.5 Å². The molecule has 120 valence electrons. The van der Waals surface area contributed by atoms with Crippen molar-refractivity contribution in [2.45, 2.75) is 39.5 Å². The number of ketones is 1. The SMILES string of the molecule is CC(=O)c1cc(C)cc2c(=O)c3c(oc12)N(CC1CC1)CCC3. The van der Waals surface area contributed by atoms with Gasteiger partial charge in [-0.2, -0.15) is 0 Å². The number of aryl methyl sites for hydroxylation is 1. The average molecular weight is 311 g/mol. The molecule has 1 aliphatic carbocycles. The Morgan fingerprint density at radius 1 is 1.35 bits per heavy atom. The molecule has 4 rings (SSSR count). The molecule has 0 unspecified atom stereocenters. The lowest BCUT2D eigenvalue weighted by atomic mass is 9.99. The number of rotatable bonds is 3. The molecular formula is C19H21NO3. The van der Waals surface area contributed by atoms with Gasteiger partial charge in [0.05, 0.1) is 16.5 Å². The number of carbonyl (C=O) groups is 1. The van der Waals surface area contributed by atoms with E-state index in [4.69, 9.17) is 4.42 Å². The molecular weight excluding hydrogens is 290 g/mol. The average Bonchev–Trinajstić information content (AvgIpc) is 3.32. The smallest absolute Gasteiger partial charge is 0.203 e. The van der Waals surface area contributed by atoms with E-state index in [1.54, 1.807) is 0 Å². The molecule has 1 aliphatic heterocycles. The fourth-order valence-electron chi connectivity index (χ4n) is 3.54. The number of carbonyl (C=O) groups excluding carboxylic acids is 1. The fraction of sp³-hybridized carbons (Fsp3) is 0.474. The molecule has 2 heterocycles. The van der Waals surface area contributed by atoms with Crippen LogP contribution in [0.5, 0.6) is 0 Å². The summed E-state index contributed by atoms with van der Waals surface area (Å²) in [7, 11) is 0. The summed E-state index contributed by atoms with van der Waals surface area (Å²) < 4.78 is 6.16. The van der Waals surface area contributed by atoms with Crippen LogP contribution in [0, 0.1) is 12.8 Å². The summed E-state index contributed by atoms with van der Waals surface area (Å²) in [5.74, 6) is 1.37. The van der Waals surface area contributed by atoms with Crippen molar-refractivity contribution in [1.29, 1.82) is 0 Å². The number of nitrogens with zero attached hydrogens (tertiary/aromatic N) is 1. The number of benzene rings is 1. The summed E-state index contributed by atoms with van der Waals surface area (Å²) in [6.07, 6.45) is 4.28. The summed E-state index contributed by atoms with van der Waals surface area (Å²) in [5, 5.41) is 0.544. The zero-order chi connectivity index (χ0) is 16.1. The third-order valence-electron chi connectivity index (χ3n) is 4.91. The van der Waals surface area contributed by atoms with E-state index in [2.05, 4.69) is 4.90 Å². The van der Waals surface area contributed by atoms with E-state index in [-0.39, 0.29) is 11.2 Å². The molecule has 4 nitrogen and oxygen atoms in total. The summed E-state index contributed by atoms with van der Waals surface area (Å²) in [5.41, 5.74) is 2.70. The van der Waals surface area contributed by atoms with Crippen molar-refractivity contribution in [3.05, 3.63) is 39.0 Å². The van der Waals surface area contributed by atoms with Gasteiger partial charge in [0.2, 0.25) is 5.88 Å². The molecule has 0 atom stereocenters. The van der Waals surface area contributed by atoms with E-state index in [1.165, 1.54) is 19.8 Å². The highest BCUT2D eigenvalue weighted by Crippen LogP contribution is 2.35. The lowest BCUT2D eigenvalue weighted by Crippen LogP contribution is -2.34. The Labute approximate surface area is 135 Å². The summed E-state index contributed by atoms with van der Waals surface area (Å²) in [6.45, 7) is 5.32. The summed E-state index contributed by atoms with van der Waals surface area (Å²) in [6, 6.07) is 3.65. The number of anilines is 1. The van der Waals surface area contributed by atoms with Crippen molar-refractivity contribution in [2.75, 3.05) is 18.0 Å². The van der Waals surface area contributed by atoms with E-state index < -0.39 is 0 Å². The quantitative estimate of drug-likeness (QED) is 0.815. The first-order valence-electron chi connectivity index (χ1n) is 8.41. The third-order valence-corrected chi connectivity index (χ3v) is 4.91. The predicted molar refractivity (Wildman–Crippen MR) is 90.5 cm³/mol. The maximum absolute atomic E-state index is 12.9.